The Balaban J connectivity index is 0.00000576. The predicted octanol–water partition coefficient (Wildman–Crippen LogP) is 2.33. The van der Waals surface area contributed by atoms with Crippen molar-refractivity contribution in [3.8, 4) is 0 Å². The number of nitrogens with one attached hydrogen (secondary N) is 2. The van der Waals surface area contributed by atoms with Crippen LogP contribution >= 0.6 is 24.0 Å². The molecule has 6 nitrogen and oxygen atoms in total. The predicted molar refractivity (Wildman–Crippen MR) is 116 cm³/mol. The van der Waals surface area contributed by atoms with Crippen LogP contribution in [0.25, 0.3) is 0 Å². The first-order chi connectivity index (χ1) is 11.8. The summed E-state index contributed by atoms with van der Waals surface area (Å²) in [5.74, 6) is 1.49. The normalized spacial score (nSPS) is 17.6. The van der Waals surface area contributed by atoms with Crippen LogP contribution < -0.4 is 10.6 Å². The van der Waals surface area contributed by atoms with Crippen molar-refractivity contribution in [3.63, 3.8) is 0 Å². The van der Waals surface area contributed by atoms with E-state index in [2.05, 4.69) is 34.4 Å². The molecule has 1 unspecified atom stereocenters. The van der Waals surface area contributed by atoms with Gasteiger partial charge in [0.2, 0.25) is 0 Å². The van der Waals surface area contributed by atoms with Crippen LogP contribution in [0, 0.1) is 5.92 Å². The molecule has 0 aromatic heterocycles. The number of hydrogen-bond acceptors (Lipinski definition) is 4. The van der Waals surface area contributed by atoms with Gasteiger partial charge in [-0.1, -0.05) is 13.8 Å². The van der Waals surface area contributed by atoms with E-state index in [4.69, 9.17) is 9.47 Å². The van der Waals surface area contributed by atoms with Crippen molar-refractivity contribution >= 4 is 29.9 Å². The summed E-state index contributed by atoms with van der Waals surface area (Å²) in [7, 11) is 1.82. The fourth-order valence-electron chi connectivity index (χ4n) is 2.77. The molecule has 1 fully saturated rings. The third kappa shape index (κ3) is 12.8. The van der Waals surface area contributed by atoms with Crippen molar-refractivity contribution in [2.75, 3.05) is 66.2 Å². The van der Waals surface area contributed by atoms with E-state index in [1.54, 1.807) is 0 Å². The molecular formula is C18H39IN4O2. The van der Waals surface area contributed by atoms with Crippen molar-refractivity contribution in [2.45, 2.75) is 39.5 Å². The lowest BCUT2D eigenvalue weighted by Gasteiger charge is -2.18. The van der Waals surface area contributed by atoms with Crippen LogP contribution in [0.1, 0.15) is 39.5 Å². The van der Waals surface area contributed by atoms with E-state index < -0.39 is 0 Å². The van der Waals surface area contributed by atoms with E-state index in [9.17, 15) is 0 Å². The number of rotatable bonds is 13. The van der Waals surface area contributed by atoms with Crippen LogP contribution in [0.15, 0.2) is 4.99 Å². The fourth-order valence-corrected chi connectivity index (χ4v) is 2.77. The molecule has 1 heterocycles. The van der Waals surface area contributed by atoms with Gasteiger partial charge in [0, 0.05) is 39.3 Å². The second kappa shape index (κ2) is 17.3. The van der Waals surface area contributed by atoms with Crippen LogP contribution in [0.3, 0.4) is 0 Å². The molecule has 1 aliphatic rings. The maximum Gasteiger partial charge on any atom is 0.190 e. The monoisotopic (exact) mass is 470 g/mol. The number of unbranched alkanes of at least 4 members (excludes halogenated alkanes) is 1. The number of guanidine groups is 1. The first-order valence-corrected chi connectivity index (χ1v) is 9.62. The zero-order valence-electron chi connectivity index (χ0n) is 16.4. The van der Waals surface area contributed by atoms with Gasteiger partial charge < -0.3 is 25.0 Å². The molecule has 0 amide bonds. The van der Waals surface area contributed by atoms with Crippen LogP contribution in [0.5, 0.6) is 0 Å². The summed E-state index contributed by atoms with van der Waals surface area (Å²) in [6.07, 6.45) is 4.54. The third-order valence-electron chi connectivity index (χ3n) is 4.45. The molecule has 0 aromatic rings. The second-order valence-corrected chi connectivity index (χ2v) is 6.32. The van der Waals surface area contributed by atoms with Gasteiger partial charge in [0.15, 0.2) is 5.96 Å². The minimum Gasteiger partial charge on any atom is -0.381 e. The largest absolute Gasteiger partial charge is 0.381 e. The molecule has 0 saturated carbocycles. The molecule has 7 heteroatoms. The summed E-state index contributed by atoms with van der Waals surface area (Å²) in [6, 6.07) is 0. The van der Waals surface area contributed by atoms with Crippen LogP contribution in [-0.2, 0) is 9.47 Å². The van der Waals surface area contributed by atoms with Crippen molar-refractivity contribution in [3.05, 3.63) is 0 Å². The average Bonchev–Trinajstić information content (AvgIpc) is 3.12. The van der Waals surface area contributed by atoms with E-state index in [0.717, 1.165) is 71.4 Å². The molecule has 0 aliphatic carbocycles. The van der Waals surface area contributed by atoms with Crippen LogP contribution in [0.2, 0.25) is 0 Å². The molecular weight excluding hydrogens is 431 g/mol. The first-order valence-electron chi connectivity index (χ1n) is 9.62. The van der Waals surface area contributed by atoms with Crippen LogP contribution in [-0.4, -0.2) is 77.1 Å². The molecule has 1 rings (SSSR count). The zero-order valence-corrected chi connectivity index (χ0v) is 18.7. The highest BCUT2D eigenvalue weighted by Gasteiger charge is 2.15. The summed E-state index contributed by atoms with van der Waals surface area (Å²) in [6.45, 7) is 13.2. The fraction of sp³-hybridized carbons (Fsp3) is 0.944. The summed E-state index contributed by atoms with van der Waals surface area (Å²) in [5.41, 5.74) is 0. The van der Waals surface area contributed by atoms with Gasteiger partial charge in [-0.15, -0.1) is 24.0 Å². The molecule has 25 heavy (non-hydrogen) atoms. The van der Waals surface area contributed by atoms with E-state index >= 15 is 0 Å². The molecule has 1 atom stereocenters. The smallest absolute Gasteiger partial charge is 0.190 e. The number of halogens is 1. The lowest BCUT2D eigenvalue weighted by molar-refractivity contribution is 0.0888. The molecule has 1 aliphatic heterocycles. The molecule has 0 spiro atoms. The number of hydrogen-bond donors (Lipinski definition) is 2. The van der Waals surface area contributed by atoms with E-state index in [-0.39, 0.29) is 24.0 Å². The number of ether oxygens (including phenoxy) is 2. The zero-order chi connectivity index (χ0) is 17.5. The standard InChI is InChI=1S/C18H38N4O2.HI/c1-4-22(5-2)12-7-6-10-20-18(19-3)21-11-8-13-23-15-17-9-14-24-16-17;/h17H,4-16H2,1-3H3,(H2,19,20,21);1H. The maximum absolute atomic E-state index is 5.70. The van der Waals surface area contributed by atoms with E-state index in [0.29, 0.717) is 5.92 Å². The summed E-state index contributed by atoms with van der Waals surface area (Å²) >= 11 is 0. The molecule has 0 aromatic carbocycles. The van der Waals surface area contributed by atoms with Gasteiger partial charge in [-0.2, -0.15) is 0 Å². The van der Waals surface area contributed by atoms with Gasteiger partial charge in [-0.25, -0.2) is 0 Å². The quantitative estimate of drug-likeness (QED) is 0.187. The Morgan fingerprint density at radius 1 is 1.16 bits per heavy atom. The SMILES string of the molecule is CCN(CC)CCCCNC(=NC)NCCCOCC1CCOC1.I. The third-order valence-corrected chi connectivity index (χ3v) is 4.45. The summed E-state index contributed by atoms with van der Waals surface area (Å²) in [5, 5.41) is 6.72. The van der Waals surface area contributed by atoms with E-state index in [1.807, 2.05) is 7.05 Å². The summed E-state index contributed by atoms with van der Waals surface area (Å²) < 4.78 is 11.0. The highest BCUT2D eigenvalue weighted by atomic mass is 127. The maximum atomic E-state index is 5.70. The average molecular weight is 470 g/mol. The summed E-state index contributed by atoms with van der Waals surface area (Å²) in [4.78, 5) is 6.72. The Labute approximate surface area is 171 Å². The first kappa shape index (κ1) is 24.9. The van der Waals surface area contributed by atoms with Crippen molar-refractivity contribution in [1.82, 2.24) is 15.5 Å². The molecule has 0 radical (unpaired) electrons. The number of nitrogens with zero attached hydrogens (tertiary/aromatic N) is 2. The van der Waals surface area contributed by atoms with Gasteiger partial charge in [0.25, 0.3) is 0 Å². The number of aliphatic imine (C=N–C) groups is 1. The van der Waals surface area contributed by atoms with Gasteiger partial charge in [0.1, 0.15) is 0 Å². The minimum atomic E-state index is 0. The van der Waals surface area contributed by atoms with Crippen molar-refractivity contribution in [2.24, 2.45) is 10.9 Å². The van der Waals surface area contributed by atoms with E-state index in [1.165, 1.54) is 19.4 Å². The Morgan fingerprint density at radius 3 is 2.48 bits per heavy atom. The van der Waals surface area contributed by atoms with Gasteiger partial charge >= 0.3 is 0 Å². The highest BCUT2D eigenvalue weighted by Crippen LogP contribution is 2.12. The van der Waals surface area contributed by atoms with Crippen molar-refractivity contribution < 1.29 is 9.47 Å². The Morgan fingerprint density at radius 2 is 1.88 bits per heavy atom. The molecule has 1 saturated heterocycles. The Hall–Kier alpha value is -0.120. The van der Waals surface area contributed by atoms with Gasteiger partial charge in [-0.3, -0.25) is 4.99 Å². The molecule has 2 N–H and O–H groups in total. The van der Waals surface area contributed by atoms with Crippen LogP contribution in [0.4, 0.5) is 0 Å². The van der Waals surface area contributed by atoms with Crippen molar-refractivity contribution in [1.29, 1.82) is 0 Å². The Bertz CT molecular complexity index is 322. The van der Waals surface area contributed by atoms with Gasteiger partial charge in [-0.05, 0) is 45.3 Å². The highest BCUT2D eigenvalue weighted by molar-refractivity contribution is 14.0. The molecule has 150 valence electrons. The molecule has 0 bridgehead atoms. The second-order valence-electron chi connectivity index (χ2n) is 6.32. The Kier molecular flexibility index (Phi) is 17.2. The topological polar surface area (TPSA) is 58.1 Å². The lowest BCUT2D eigenvalue weighted by atomic mass is 10.1. The van der Waals surface area contributed by atoms with Gasteiger partial charge in [0.05, 0.1) is 13.2 Å². The minimum absolute atomic E-state index is 0. The lowest BCUT2D eigenvalue weighted by Crippen LogP contribution is -2.38.